The van der Waals surface area contributed by atoms with Gasteiger partial charge in [0.05, 0.1) is 23.5 Å². The number of fused-ring (bicyclic) bond motifs is 1. The van der Waals surface area contributed by atoms with E-state index in [-0.39, 0.29) is 18.2 Å². The number of nitrogens with two attached hydrogens (primary N) is 1. The molecule has 1 aliphatic rings. The summed E-state index contributed by atoms with van der Waals surface area (Å²) in [6.45, 7) is 1.43. The number of carbonyl (C=O) groups is 3. The largest absolute Gasteiger partial charge is 0.475 e. The molecular formula is C17H21N5O4. The molecule has 0 bridgehead atoms. The number of rotatable bonds is 5. The van der Waals surface area contributed by atoms with Crippen molar-refractivity contribution in [1.29, 1.82) is 0 Å². The number of carbonyl (C=O) groups excluding carboxylic acids is 2. The second-order valence-electron chi connectivity index (χ2n) is 6.36. The molecule has 0 radical (unpaired) electrons. The molecular weight excluding hydrogens is 338 g/mol. The zero-order valence-electron chi connectivity index (χ0n) is 14.2. The smallest absolute Gasteiger partial charge is 0.371 e. The normalized spacial score (nSPS) is 15.7. The molecule has 1 unspecified atom stereocenters. The topological polar surface area (TPSA) is 141 Å². The number of amides is 2. The molecule has 0 aliphatic carbocycles. The van der Waals surface area contributed by atoms with Crippen molar-refractivity contribution in [2.45, 2.75) is 31.7 Å². The summed E-state index contributed by atoms with van der Waals surface area (Å²) < 4.78 is 0. The Labute approximate surface area is 149 Å². The third-order valence-corrected chi connectivity index (χ3v) is 4.39. The molecule has 2 heterocycles. The average Bonchev–Trinajstić information content (AvgIpc) is 3.06. The van der Waals surface area contributed by atoms with E-state index in [4.69, 9.17) is 10.8 Å². The van der Waals surface area contributed by atoms with Gasteiger partial charge in [-0.15, -0.1) is 0 Å². The molecule has 138 valence electrons. The van der Waals surface area contributed by atoms with Crippen LogP contribution in [-0.4, -0.2) is 56.9 Å². The Morgan fingerprint density at radius 3 is 2.69 bits per heavy atom. The summed E-state index contributed by atoms with van der Waals surface area (Å²) in [4.78, 5) is 43.7. The third-order valence-electron chi connectivity index (χ3n) is 4.39. The van der Waals surface area contributed by atoms with Crippen LogP contribution in [0, 0.1) is 0 Å². The number of hydrogen-bond acceptors (Lipinski definition) is 5. The molecule has 1 saturated heterocycles. The zero-order chi connectivity index (χ0) is 18.7. The SMILES string of the molecule is NC(CC(=O)N1CCCCC1)C(=O)Nc1ccc2[nH]c(C(=O)O)nc2c1. The maximum atomic E-state index is 12.3. The number of likely N-dealkylation sites (tertiary alicyclic amines) is 1. The van der Waals surface area contributed by atoms with Crippen LogP contribution in [0.2, 0.25) is 0 Å². The van der Waals surface area contributed by atoms with Gasteiger partial charge in [0.1, 0.15) is 0 Å². The number of H-pyrrole nitrogens is 1. The Hall–Kier alpha value is -2.94. The van der Waals surface area contributed by atoms with Gasteiger partial charge in [0.15, 0.2) is 0 Å². The van der Waals surface area contributed by atoms with Crippen molar-refractivity contribution in [3.63, 3.8) is 0 Å². The highest BCUT2D eigenvalue weighted by Crippen LogP contribution is 2.18. The Morgan fingerprint density at radius 2 is 2.00 bits per heavy atom. The van der Waals surface area contributed by atoms with Crippen molar-refractivity contribution >= 4 is 34.5 Å². The van der Waals surface area contributed by atoms with E-state index in [1.807, 2.05) is 0 Å². The highest BCUT2D eigenvalue weighted by molar-refractivity contribution is 5.99. The number of carboxylic acids is 1. The lowest BCUT2D eigenvalue weighted by atomic mass is 10.1. The minimum Gasteiger partial charge on any atom is -0.475 e. The molecule has 0 saturated carbocycles. The molecule has 1 fully saturated rings. The fourth-order valence-corrected chi connectivity index (χ4v) is 2.97. The molecule has 0 spiro atoms. The van der Waals surface area contributed by atoms with Gasteiger partial charge in [-0.1, -0.05) is 0 Å². The summed E-state index contributed by atoms with van der Waals surface area (Å²) in [5, 5.41) is 11.6. The van der Waals surface area contributed by atoms with Gasteiger partial charge in [-0.25, -0.2) is 9.78 Å². The van der Waals surface area contributed by atoms with Crippen molar-refractivity contribution in [2.75, 3.05) is 18.4 Å². The summed E-state index contributed by atoms with van der Waals surface area (Å²) in [7, 11) is 0. The van der Waals surface area contributed by atoms with Crippen molar-refractivity contribution < 1.29 is 19.5 Å². The summed E-state index contributed by atoms with van der Waals surface area (Å²) in [6, 6.07) is 3.83. The lowest BCUT2D eigenvalue weighted by Crippen LogP contribution is -2.43. The number of carboxylic acid groups (broad SMARTS) is 1. The monoisotopic (exact) mass is 359 g/mol. The molecule has 1 atom stereocenters. The minimum absolute atomic E-state index is 0.0420. The molecule has 2 aromatic rings. The van der Waals surface area contributed by atoms with E-state index in [0.717, 1.165) is 32.4 Å². The van der Waals surface area contributed by atoms with Gasteiger partial charge in [0, 0.05) is 18.8 Å². The number of benzene rings is 1. The third kappa shape index (κ3) is 3.99. The lowest BCUT2D eigenvalue weighted by Gasteiger charge is -2.27. The number of aromatic carboxylic acids is 1. The maximum absolute atomic E-state index is 12.3. The van der Waals surface area contributed by atoms with Crippen LogP contribution < -0.4 is 11.1 Å². The number of anilines is 1. The van der Waals surface area contributed by atoms with Crippen molar-refractivity contribution in [3.05, 3.63) is 24.0 Å². The molecule has 26 heavy (non-hydrogen) atoms. The first-order chi connectivity index (χ1) is 12.4. The van der Waals surface area contributed by atoms with Crippen molar-refractivity contribution in [3.8, 4) is 0 Å². The highest BCUT2D eigenvalue weighted by atomic mass is 16.4. The lowest BCUT2D eigenvalue weighted by molar-refractivity contribution is -0.134. The first-order valence-corrected chi connectivity index (χ1v) is 8.51. The Balaban J connectivity index is 1.62. The molecule has 9 heteroatoms. The second kappa shape index (κ2) is 7.52. The summed E-state index contributed by atoms with van der Waals surface area (Å²) in [5.74, 6) is -1.91. The Morgan fingerprint density at radius 1 is 1.27 bits per heavy atom. The quantitative estimate of drug-likeness (QED) is 0.626. The predicted octanol–water partition coefficient (Wildman–Crippen LogP) is 0.929. The molecule has 3 rings (SSSR count). The minimum atomic E-state index is -1.16. The van der Waals surface area contributed by atoms with Gasteiger partial charge in [0.2, 0.25) is 17.6 Å². The van der Waals surface area contributed by atoms with E-state index < -0.39 is 17.9 Å². The van der Waals surface area contributed by atoms with Crippen LogP contribution in [0.4, 0.5) is 5.69 Å². The Kier molecular flexibility index (Phi) is 5.17. The Bertz CT molecular complexity index is 841. The second-order valence-corrected chi connectivity index (χ2v) is 6.36. The van der Waals surface area contributed by atoms with E-state index in [1.165, 1.54) is 0 Å². The highest BCUT2D eigenvalue weighted by Gasteiger charge is 2.23. The standard InChI is InChI=1S/C17H21N5O4/c18-11(9-14(23)22-6-2-1-3-7-22)16(24)19-10-4-5-12-13(8-10)21-15(20-12)17(25)26/h4-5,8,11H,1-3,6-7,9,18H2,(H,19,24)(H,20,21)(H,25,26). The van der Waals surface area contributed by atoms with Gasteiger partial charge < -0.3 is 26.0 Å². The van der Waals surface area contributed by atoms with E-state index in [0.29, 0.717) is 16.7 Å². The van der Waals surface area contributed by atoms with Crippen molar-refractivity contribution in [1.82, 2.24) is 14.9 Å². The van der Waals surface area contributed by atoms with E-state index >= 15 is 0 Å². The molecule has 5 N–H and O–H groups in total. The number of hydrogen-bond donors (Lipinski definition) is 4. The molecule has 1 aliphatic heterocycles. The van der Waals surface area contributed by atoms with Crippen LogP contribution in [0.1, 0.15) is 36.3 Å². The first-order valence-electron chi connectivity index (χ1n) is 8.51. The first kappa shape index (κ1) is 17.9. The van der Waals surface area contributed by atoms with Gasteiger partial charge in [-0.05, 0) is 37.5 Å². The molecule has 9 nitrogen and oxygen atoms in total. The summed E-state index contributed by atoms with van der Waals surface area (Å²) in [5.41, 5.74) is 7.27. The van der Waals surface area contributed by atoms with E-state index in [2.05, 4.69) is 15.3 Å². The maximum Gasteiger partial charge on any atom is 0.371 e. The van der Waals surface area contributed by atoms with E-state index in [1.54, 1.807) is 23.1 Å². The van der Waals surface area contributed by atoms with Gasteiger partial charge in [0.25, 0.3) is 0 Å². The molecule has 1 aromatic carbocycles. The van der Waals surface area contributed by atoms with Crippen LogP contribution in [-0.2, 0) is 9.59 Å². The number of piperidine rings is 1. The van der Waals surface area contributed by atoms with Gasteiger partial charge >= 0.3 is 5.97 Å². The molecule has 2 amide bonds. The zero-order valence-corrected chi connectivity index (χ0v) is 14.2. The van der Waals surface area contributed by atoms with Crippen LogP contribution in [0.5, 0.6) is 0 Å². The van der Waals surface area contributed by atoms with Gasteiger partial charge in [-0.3, -0.25) is 9.59 Å². The number of aromatic amines is 1. The predicted molar refractivity (Wildman–Crippen MR) is 94.7 cm³/mol. The number of aromatic nitrogens is 2. The van der Waals surface area contributed by atoms with Crippen LogP contribution in [0.3, 0.4) is 0 Å². The number of nitrogens with one attached hydrogen (secondary N) is 2. The van der Waals surface area contributed by atoms with E-state index in [9.17, 15) is 14.4 Å². The van der Waals surface area contributed by atoms with Crippen LogP contribution in [0.25, 0.3) is 11.0 Å². The average molecular weight is 359 g/mol. The van der Waals surface area contributed by atoms with Crippen molar-refractivity contribution in [2.24, 2.45) is 5.73 Å². The number of imidazole rings is 1. The fourth-order valence-electron chi connectivity index (χ4n) is 2.97. The van der Waals surface area contributed by atoms with Crippen LogP contribution >= 0.6 is 0 Å². The van der Waals surface area contributed by atoms with Gasteiger partial charge in [-0.2, -0.15) is 0 Å². The summed E-state index contributed by atoms with van der Waals surface area (Å²) in [6.07, 6.45) is 3.04. The molecule has 1 aromatic heterocycles. The van der Waals surface area contributed by atoms with Crippen LogP contribution in [0.15, 0.2) is 18.2 Å². The number of nitrogens with zero attached hydrogens (tertiary/aromatic N) is 2. The fraction of sp³-hybridized carbons (Fsp3) is 0.412. The summed E-state index contributed by atoms with van der Waals surface area (Å²) >= 11 is 0.